The Labute approximate surface area is 140 Å². The normalized spacial score (nSPS) is 10.4. The summed E-state index contributed by atoms with van der Waals surface area (Å²) in [5, 5.41) is 3.50. The van der Waals surface area contributed by atoms with Crippen LogP contribution in [0.1, 0.15) is 36.5 Å². The molecule has 0 bridgehead atoms. The van der Waals surface area contributed by atoms with Crippen molar-refractivity contribution < 1.29 is 4.74 Å². The van der Waals surface area contributed by atoms with Crippen LogP contribution in [0.4, 0.5) is 0 Å². The maximum Gasteiger partial charge on any atom is 0.118 e. The quantitative estimate of drug-likeness (QED) is 0.755. The second kappa shape index (κ2) is 9.50. The third-order valence-corrected chi connectivity index (χ3v) is 3.73. The van der Waals surface area contributed by atoms with Gasteiger partial charge in [0.25, 0.3) is 0 Å². The van der Waals surface area contributed by atoms with Gasteiger partial charge >= 0.3 is 0 Å². The third-order valence-electron chi connectivity index (χ3n) is 3.73. The predicted octanol–water partition coefficient (Wildman–Crippen LogP) is 4.57. The van der Waals surface area contributed by atoms with Gasteiger partial charge in [-0.15, -0.1) is 12.4 Å². The molecule has 0 aliphatic heterocycles. The van der Waals surface area contributed by atoms with Crippen LogP contribution >= 0.6 is 12.4 Å². The Morgan fingerprint density at radius 2 is 1.50 bits per heavy atom. The van der Waals surface area contributed by atoms with Crippen molar-refractivity contribution in [1.29, 1.82) is 0 Å². The van der Waals surface area contributed by atoms with Crippen molar-refractivity contribution in [3.8, 4) is 5.75 Å². The highest BCUT2D eigenvalue weighted by Gasteiger charge is 1.99. The first kappa shape index (κ1) is 18.5. The summed E-state index contributed by atoms with van der Waals surface area (Å²) in [6.45, 7) is 6.36. The first-order valence-electron chi connectivity index (χ1n) is 7.61. The van der Waals surface area contributed by atoms with E-state index in [1.807, 2.05) is 12.1 Å². The summed E-state index contributed by atoms with van der Waals surface area (Å²) < 4.78 is 5.16. The second-order valence-corrected chi connectivity index (χ2v) is 5.67. The summed E-state index contributed by atoms with van der Waals surface area (Å²) >= 11 is 0. The lowest BCUT2D eigenvalue weighted by molar-refractivity contribution is 0.414. The van der Waals surface area contributed by atoms with Crippen LogP contribution in [0, 0.1) is 0 Å². The molecule has 22 heavy (non-hydrogen) atoms. The van der Waals surface area contributed by atoms with Gasteiger partial charge in [0.2, 0.25) is 0 Å². The SMILES string of the molecule is COc1ccc(CCNCc2ccc(C(C)C)cc2)cc1.Cl. The summed E-state index contributed by atoms with van der Waals surface area (Å²) in [6.07, 6.45) is 1.04. The van der Waals surface area contributed by atoms with Gasteiger partial charge in [0, 0.05) is 6.54 Å². The van der Waals surface area contributed by atoms with E-state index in [1.54, 1.807) is 7.11 Å². The van der Waals surface area contributed by atoms with E-state index in [4.69, 9.17) is 4.74 Å². The minimum atomic E-state index is 0. The first-order valence-corrected chi connectivity index (χ1v) is 7.61. The number of hydrogen-bond donors (Lipinski definition) is 1. The van der Waals surface area contributed by atoms with Gasteiger partial charge in [-0.3, -0.25) is 0 Å². The Morgan fingerprint density at radius 3 is 2.05 bits per heavy atom. The van der Waals surface area contributed by atoms with E-state index in [2.05, 4.69) is 55.6 Å². The molecule has 2 rings (SSSR count). The zero-order valence-electron chi connectivity index (χ0n) is 13.6. The molecule has 0 heterocycles. The van der Waals surface area contributed by atoms with E-state index in [-0.39, 0.29) is 12.4 Å². The van der Waals surface area contributed by atoms with Gasteiger partial charge < -0.3 is 10.1 Å². The van der Waals surface area contributed by atoms with E-state index in [9.17, 15) is 0 Å². The summed E-state index contributed by atoms with van der Waals surface area (Å²) in [4.78, 5) is 0. The van der Waals surface area contributed by atoms with Crippen molar-refractivity contribution in [2.75, 3.05) is 13.7 Å². The summed E-state index contributed by atoms with van der Waals surface area (Å²) in [6, 6.07) is 17.2. The maximum atomic E-state index is 5.16. The highest BCUT2D eigenvalue weighted by Crippen LogP contribution is 2.14. The Morgan fingerprint density at radius 1 is 0.909 bits per heavy atom. The van der Waals surface area contributed by atoms with Crippen LogP contribution in [-0.4, -0.2) is 13.7 Å². The van der Waals surface area contributed by atoms with Crippen LogP contribution in [0.2, 0.25) is 0 Å². The van der Waals surface area contributed by atoms with Gasteiger partial charge in [-0.25, -0.2) is 0 Å². The molecule has 120 valence electrons. The highest BCUT2D eigenvalue weighted by molar-refractivity contribution is 5.85. The molecule has 0 saturated heterocycles. The fourth-order valence-electron chi connectivity index (χ4n) is 2.28. The van der Waals surface area contributed by atoms with Gasteiger partial charge in [0.1, 0.15) is 5.75 Å². The number of methoxy groups -OCH3 is 1. The van der Waals surface area contributed by atoms with Crippen LogP contribution in [0.25, 0.3) is 0 Å². The molecule has 2 nitrogen and oxygen atoms in total. The first-order chi connectivity index (χ1) is 10.2. The zero-order chi connectivity index (χ0) is 15.1. The maximum absolute atomic E-state index is 5.16. The fourth-order valence-corrected chi connectivity index (χ4v) is 2.28. The second-order valence-electron chi connectivity index (χ2n) is 5.67. The van der Waals surface area contributed by atoms with Crippen LogP contribution in [0.3, 0.4) is 0 Å². The largest absolute Gasteiger partial charge is 0.497 e. The summed E-state index contributed by atoms with van der Waals surface area (Å²) in [5.74, 6) is 1.51. The molecule has 0 aliphatic rings. The van der Waals surface area contributed by atoms with Crippen LogP contribution in [-0.2, 0) is 13.0 Å². The Balaban J connectivity index is 0.00000242. The molecule has 2 aromatic carbocycles. The molecule has 0 amide bonds. The number of hydrogen-bond acceptors (Lipinski definition) is 2. The van der Waals surface area contributed by atoms with E-state index >= 15 is 0 Å². The molecule has 0 radical (unpaired) electrons. The number of ether oxygens (including phenoxy) is 1. The molecular weight excluding hydrogens is 294 g/mol. The van der Waals surface area contributed by atoms with Gasteiger partial charge in [0.15, 0.2) is 0 Å². The van der Waals surface area contributed by atoms with E-state index in [0.717, 1.165) is 25.3 Å². The Bertz CT molecular complexity index is 534. The van der Waals surface area contributed by atoms with Crippen molar-refractivity contribution >= 4 is 12.4 Å². The lowest BCUT2D eigenvalue weighted by Gasteiger charge is -2.08. The van der Waals surface area contributed by atoms with Crippen LogP contribution < -0.4 is 10.1 Å². The minimum absolute atomic E-state index is 0. The number of halogens is 1. The molecule has 1 N–H and O–H groups in total. The monoisotopic (exact) mass is 319 g/mol. The molecule has 0 spiro atoms. The van der Waals surface area contributed by atoms with Crippen molar-refractivity contribution in [3.05, 3.63) is 65.2 Å². The highest BCUT2D eigenvalue weighted by atomic mass is 35.5. The van der Waals surface area contributed by atoms with Gasteiger partial charge in [-0.1, -0.05) is 50.2 Å². The smallest absolute Gasteiger partial charge is 0.118 e. The third kappa shape index (κ3) is 5.70. The van der Waals surface area contributed by atoms with Crippen LogP contribution in [0.15, 0.2) is 48.5 Å². The van der Waals surface area contributed by atoms with Crippen molar-refractivity contribution in [2.24, 2.45) is 0 Å². The van der Waals surface area contributed by atoms with Crippen molar-refractivity contribution in [1.82, 2.24) is 5.32 Å². The van der Waals surface area contributed by atoms with Gasteiger partial charge in [-0.05, 0) is 47.7 Å². The molecular formula is C19H26ClNO. The van der Waals surface area contributed by atoms with Gasteiger partial charge in [-0.2, -0.15) is 0 Å². The van der Waals surface area contributed by atoms with E-state index in [1.165, 1.54) is 16.7 Å². The zero-order valence-corrected chi connectivity index (χ0v) is 14.5. The standard InChI is InChI=1S/C19H25NO.ClH/c1-15(2)18-8-4-17(5-9-18)14-20-13-12-16-6-10-19(21-3)11-7-16;/h4-11,15,20H,12-14H2,1-3H3;1H. The van der Waals surface area contributed by atoms with E-state index < -0.39 is 0 Å². The molecule has 0 aliphatic carbocycles. The average molecular weight is 320 g/mol. The lowest BCUT2D eigenvalue weighted by atomic mass is 10.0. The molecule has 0 unspecified atom stereocenters. The number of benzene rings is 2. The summed E-state index contributed by atoms with van der Waals surface area (Å²) in [7, 11) is 1.70. The molecule has 0 atom stereocenters. The Hall–Kier alpha value is -1.51. The number of nitrogens with one attached hydrogen (secondary N) is 1. The van der Waals surface area contributed by atoms with Crippen molar-refractivity contribution in [2.45, 2.75) is 32.7 Å². The molecule has 0 aromatic heterocycles. The molecule has 0 saturated carbocycles. The molecule has 3 heteroatoms. The average Bonchev–Trinajstić information content (AvgIpc) is 2.52. The number of rotatable bonds is 7. The predicted molar refractivity (Wildman–Crippen MR) is 96.2 cm³/mol. The molecule has 2 aromatic rings. The van der Waals surface area contributed by atoms with E-state index in [0.29, 0.717) is 5.92 Å². The van der Waals surface area contributed by atoms with Gasteiger partial charge in [0.05, 0.1) is 7.11 Å². The van der Waals surface area contributed by atoms with Crippen LogP contribution in [0.5, 0.6) is 5.75 Å². The topological polar surface area (TPSA) is 21.3 Å². The Kier molecular flexibility index (Phi) is 8.00. The summed E-state index contributed by atoms with van der Waals surface area (Å²) in [5.41, 5.74) is 4.07. The lowest BCUT2D eigenvalue weighted by Crippen LogP contribution is -2.16. The van der Waals surface area contributed by atoms with Crippen molar-refractivity contribution in [3.63, 3.8) is 0 Å². The fraction of sp³-hybridized carbons (Fsp3) is 0.368. The minimum Gasteiger partial charge on any atom is -0.497 e. The molecule has 0 fully saturated rings.